The maximum atomic E-state index is 12.4. The van der Waals surface area contributed by atoms with Crippen LogP contribution in [0.2, 0.25) is 0 Å². The zero-order valence-corrected chi connectivity index (χ0v) is 21.5. The number of aliphatic imine (C=N–C) groups is 1. The predicted octanol–water partition coefficient (Wildman–Crippen LogP) is 3.12. The molecule has 8 heteroatoms. The first-order valence-electron chi connectivity index (χ1n) is 10.6. The smallest absolute Gasteiger partial charge is 0.242 e. The predicted molar refractivity (Wildman–Crippen MR) is 133 cm³/mol. The van der Waals surface area contributed by atoms with Gasteiger partial charge in [-0.05, 0) is 38.8 Å². The van der Waals surface area contributed by atoms with E-state index in [9.17, 15) is 4.79 Å². The van der Waals surface area contributed by atoms with E-state index in [-0.39, 0.29) is 29.9 Å². The highest BCUT2D eigenvalue weighted by Gasteiger charge is 2.15. The first-order valence-corrected chi connectivity index (χ1v) is 10.6. The van der Waals surface area contributed by atoms with Crippen molar-refractivity contribution in [3.05, 3.63) is 35.4 Å². The van der Waals surface area contributed by atoms with Crippen molar-refractivity contribution in [2.75, 3.05) is 53.0 Å². The Kier molecular flexibility index (Phi) is 16.5. The molecule has 0 aliphatic carbocycles. The molecule has 1 N–H and O–H groups in total. The molecule has 1 aromatic carbocycles. The van der Waals surface area contributed by atoms with Crippen molar-refractivity contribution in [1.29, 1.82) is 0 Å². The van der Waals surface area contributed by atoms with Crippen molar-refractivity contribution in [1.82, 2.24) is 15.1 Å². The fourth-order valence-electron chi connectivity index (χ4n) is 2.86. The topological polar surface area (TPSA) is 66.4 Å². The number of guanidine groups is 1. The molecule has 0 radical (unpaired) electrons. The second kappa shape index (κ2) is 17.3. The molecule has 0 saturated heterocycles. The lowest BCUT2D eigenvalue weighted by Gasteiger charge is -2.25. The van der Waals surface area contributed by atoms with E-state index in [2.05, 4.69) is 17.4 Å². The number of hydrogen-bond donors (Lipinski definition) is 1. The van der Waals surface area contributed by atoms with Gasteiger partial charge in [-0.3, -0.25) is 4.79 Å². The van der Waals surface area contributed by atoms with Crippen molar-refractivity contribution in [3.8, 4) is 0 Å². The minimum atomic E-state index is 0. The Balaban J connectivity index is 0.00000841. The SMILES string of the molecule is CCNC(=NCc1cccc(COCCOCC)c1)N(C)CC(=O)N(CC)CC.I. The van der Waals surface area contributed by atoms with Gasteiger partial charge in [0.05, 0.1) is 32.9 Å². The third-order valence-electron chi connectivity index (χ3n) is 4.43. The van der Waals surface area contributed by atoms with E-state index in [0.717, 1.165) is 36.7 Å². The van der Waals surface area contributed by atoms with Crippen molar-refractivity contribution in [3.63, 3.8) is 0 Å². The molecule has 0 aromatic heterocycles. The van der Waals surface area contributed by atoms with E-state index < -0.39 is 0 Å². The Morgan fingerprint density at radius 1 is 1.07 bits per heavy atom. The summed E-state index contributed by atoms with van der Waals surface area (Å²) in [6.45, 7) is 13.5. The van der Waals surface area contributed by atoms with E-state index in [1.165, 1.54) is 0 Å². The minimum absolute atomic E-state index is 0. The van der Waals surface area contributed by atoms with Gasteiger partial charge in [-0.1, -0.05) is 24.3 Å². The summed E-state index contributed by atoms with van der Waals surface area (Å²) in [5.41, 5.74) is 2.22. The summed E-state index contributed by atoms with van der Waals surface area (Å²) >= 11 is 0. The zero-order chi connectivity index (χ0) is 21.5. The van der Waals surface area contributed by atoms with Gasteiger partial charge in [-0.2, -0.15) is 0 Å². The Labute approximate surface area is 199 Å². The molecular formula is C22H39IN4O3. The maximum Gasteiger partial charge on any atom is 0.242 e. The number of amides is 1. The number of rotatable bonds is 13. The van der Waals surface area contributed by atoms with Gasteiger partial charge in [0.25, 0.3) is 0 Å². The number of benzene rings is 1. The molecule has 0 atom stereocenters. The lowest BCUT2D eigenvalue weighted by Crippen LogP contribution is -2.45. The molecule has 0 bridgehead atoms. The second-order valence-corrected chi connectivity index (χ2v) is 6.66. The second-order valence-electron chi connectivity index (χ2n) is 6.66. The van der Waals surface area contributed by atoms with Crippen molar-refractivity contribution < 1.29 is 14.3 Å². The molecule has 0 saturated carbocycles. The highest BCUT2D eigenvalue weighted by atomic mass is 127. The van der Waals surface area contributed by atoms with Crippen LogP contribution in [-0.2, 0) is 27.4 Å². The summed E-state index contributed by atoms with van der Waals surface area (Å²) in [6.07, 6.45) is 0. The normalized spacial score (nSPS) is 11.0. The average Bonchev–Trinajstić information content (AvgIpc) is 2.72. The number of likely N-dealkylation sites (N-methyl/N-ethyl adjacent to an activating group) is 2. The van der Waals surface area contributed by atoms with Crippen LogP contribution in [-0.4, -0.2) is 74.7 Å². The summed E-state index contributed by atoms with van der Waals surface area (Å²) in [5, 5.41) is 3.27. The van der Waals surface area contributed by atoms with Crippen LogP contribution in [0.1, 0.15) is 38.8 Å². The molecule has 0 heterocycles. The quantitative estimate of drug-likeness (QED) is 0.182. The number of carbonyl (C=O) groups excluding carboxylic acids is 1. The molecule has 0 aliphatic rings. The molecule has 0 fully saturated rings. The summed E-state index contributed by atoms with van der Waals surface area (Å²) in [6, 6.07) is 8.23. The lowest BCUT2D eigenvalue weighted by molar-refractivity contribution is -0.131. The van der Waals surface area contributed by atoms with E-state index >= 15 is 0 Å². The molecule has 30 heavy (non-hydrogen) atoms. The molecule has 0 aliphatic heterocycles. The zero-order valence-electron chi connectivity index (χ0n) is 19.1. The summed E-state index contributed by atoms with van der Waals surface area (Å²) in [4.78, 5) is 20.8. The van der Waals surface area contributed by atoms with Crippen LogP contribution in [0, 0.1) is 0 Å². The highest BCUT2D eigenvalue weighted by Crippen LogP contribution is 2.08. The Morgan fingerprint density at radius 2 is 1.73 bits per heavy atom. The van der Waals surface area contributed by atoms with Crippen LogP contribution in [0.5, 0.6) is 0 Å². The monoisotopic (exact) mass is 534 g/mol. The van der Waals surface area contributed by atoms with Gasteiger partial charge in [-0.15, -0.1) is 24.0 Å². The van der Waals surface area contributed by atoms with Crippen LogP contribution in [0.3, 0.4) is 0 Å². The van der Waals surface area contributed by atoms with E-state index in [0.29, 0.717) is 39.5 Å². The lowest BCUT2D eigenvalue weighted by atomic mass is 10.1. The van der Waals surface area contributed by atoms with Crippen molar-refractivity contribution in [2.45, 2.75) is 40.8 Å². The summed E-state index contributed by atoms with van der Waals surface area (Å²) in [5.74, 6) is 0.834. The molecule has 1 rings (SSSR count). The highest BCUT2D eigenvalue weighted by molar-refractivity contribution is 14.0. The van der Waals surface area contributed by atoms with Gasteiger partial charge in [-0.25, -0.2) is 4.99 Å². The number of hydrogen-bond acceptors (Lipinski definition) is 4. The Bertz CT molecular complexity index is 624. The van der Waals surface area contributed by atoms with Crippen LogP contribution < -0.4 is 5.32 Å². The van der Waals surface area contributed by atoms with Crippen LogP contribution in [0.25, 0.3) is 0 Å². The Morgan fingerprint density at radius 3 is 2.37 bits per heavy atom. The molecular weight excluding hydrogens is 495 g/mol. The molecule has 7 nitrogen and oxygen atoms in total. The van der Waals surface area contributed by atoms with E-state index in [1.807, 2.05) is 56.7 Å². The minimum Gasteiger partial charge on any atom is -0.379 e. The fourth-order valence-corrected chi connectivity index (χ4v) is 2.86. The molecule has 172 valence electrons. The van der Waals surface area contributed by atoms with Crippen molar-refractivity contribution >= 4 is 35.8 Å². The Hall–Kier alpha value is -1.39. The first kappa shape index (κ1) is 28.6. The van der Waals surface area contributed by atoms with Crippen molar-refractivity contribution in [2.24, 2.45) is 4.99 Å². The summed E-state index contributed by atoms with van der Waals surface area (Å²) in [7, 11) is 1.89. The van der Waals surface area contributed by atoms with Gasteiger partial charge in [0.1, 0.15) is 0 Å². The summed E-state index contributed by atoms with van der Waals surface area (Å²) < 4.78 is 10.9. The number of halogens is 1. The average molecular weight is 534 g/mol. The maximum absolute atomic E-state index is 12.4. The molecule has 0 spiro atoms. The first-order chi connectivity index (χ1) is 14.0. The molecule has 1 aromatic rings. The standard InChI is InChI=1S/C22H38N4O3.HI/c1-6-23-22(25(5)17-21(27)26(7-2)8-3)24-16-19-11-10-12-20(15-19)18-29-14-13-28-9-4;/h10-12,15H,6-9,13-14,16-18H2,1-5H3,(H,23,24);1H. The van der Waals surface area contributed by atoms with E-state index in [4.69, 9.17) is 14.5 Å². The van der Waals surface area contributed by atoms with Crippen LogP contribution in [0.15, 0.2) is 29.3 Å². The molecule has 1 amide bonds. The van der Waals surface area contributed by atoms with Gasteiger partial charge in [0, 0.05) is 33.3 Å². The van der Waals surface area contributed by atoms with Gasteiger partial charge in [0.15, 0.2) is 5.96 Å². The largest absolute Gasteiger partial charge is 0.379 e. The number of carbonyl (C=O) groups is 1. The number of nitrogens with zero attached hydrogens (tertiary/aromatic N) is 3. The van der Waals surface area contributed by atoms with E-state index in [1.54, 1.807) is 0 Å². The van der Waals surface area contributed by atoms with Gasteiger partial charge < -0.3 is 24.6 Å². The van der Waals surface area contributed by atoms with Crippen LogP contribution >= 0.6 is 24.0 Å². The van der Waals surface area contributed by atoms with Gasteiger partial charge >= 0.3 is 0 Å². The van der Waals surface area contributed by atoms with Gasteiger partial charge in [0.2, 0.25) is 5.91 Å². The molecule has 0 unspecified atom stereocenters. The van der Waals surface area contributed by atoms with Crippen LogP contribution in [0.4, 0.5) is 0 Å². The fraction of sp³-hybridized carbons (Fsp3) is 0.636. The number of ether oxygens (including phenoxy) is 2. The third-order valence-corrected chi connectivity index (χ3v) is 4.43. The third kappa shape index (κ3) is 11.1. The number of nitrogens with one attached hydrogen (secondary N) is 1.